The Hall–Kier alpha value is -0.610. The van der Waals surface area contributed by atoms with Crippen molar-refractivity contribution in [3.8, 4) is 0 Å². The standard InChI is InChI=1S/C15H29N3O/c1-17-8-4-7-14(11-17)18(2)15(19)13-6-3-5-12(9-13)10-16/h12-14H,3-11,16H2,1-2H3. The van der Waals surface area contributed by atoms with E-state index in [2.05, 4.69) is 11.9 Å². The summed E-state index contributed by atoms with van der Waals surface area (Å²) in [6.07, 6.45) is 6.78. The Morgan fingerprint density at radius 2 is 2.11 bits per heavy atom. The fourth-order valence-electron chi connectivity index (χ4n) is 3.65. The molecule has 0 aromatic rings. The molecule has 3 unspecified atom stereocenters. The van der Waals surface area contributed by atoms with E-state index in [9.17, 15) is 4.79 Å². The Balaban J connectivity index is 1.90. The van der Waals surface area contributed by atoms with Gasteiger partial charge in [0.2, 0.25) is 5.91 Å². The molecule has 0 spiro atoms. The summed E-state index contributed by atoms with van der Waals surface area (Å²) >= 11 is 0. The molecular formula is C15H29N3O. The molecule has 2 N–H and O–H groups in total. The van der Waals surface area contributed by atoms with Crippen molar-refractivity contribution in [1.29, 1.82) is 0 Å². The first kappa shape index (κ1) is 14.8. The molecule has 0 bridgehead atoms. The second-order valence-electron chi connectivity index (χ2n) is 6.47. The van der Waals surface area contributed by atoms with Gasteiger partial charge in [-0.2, -0.15) is 0 Å². The molecule has 2 fully saturated rings. The van der Waals surface area contributed by atoms with E-state index >= 15 is 0 Å². The van der Waals surface area contributed by atoms with E-state index in [0.29, 0.717) is 17.9 Å². The van der Waals surface area contributed by atoms with Gasteiger partial charge in [0.1, 0.15) is 0 Å². The Labute approximate surface area is 117 Å². The van der Waals surface area contributed by atoms with E-state index in [1.165, 1.54) is 12.8 Å². The summed E-state index contributed by atoms with van der Waals surface area (Å²) in [5, 5.41) is 0. The molecular weight excluding hydrogens is 238 g/mol. The molecule has 3 atom stereocenters. The van der Waals surface area contributed by atoms with Gasteiger partial charge in [0.25, 0.3) is 0 Å². The predicted octanol–water partition coefficient (Wildman–Crippen LogP) is 1.30. The van der Waals surface area contributed by atoms with Gasteiger partial charge in [-0.25, -0.2) is 0 Å². The van der Waals surface area contributed by atoms with Crippen LogP contribution in [0.5, 0.6) is 0 Å². The molecule has 1 aliphatic carbocycles. The van der Waals surface area contributed by atoms with Crippen LogP contribution in [0.15, 0.2) is 0 Å². The van der Waals surface area contributed by atoms with Crippen LogP contribution in [0.1, 0.15) is 38.5 Å². The molecule has 1 saturated heterocycles. The Kier molecular flexibility index (Phi) is 5.22. The number of likely N-dealkylation sites (N-methyl/N-ethyl adjacent to an activating group) is 2. The minimum atomic E-state index is 0.222. The highest BCUT2D eigenvalue weighted by molar-refractivity contribution is 5.79. The van der Waals surface area contributed by atoms with E-state index in [0.717, 1.165) is 45.3 Å². The van der Waals surface area contributed by atoms with Gasteiger partial charge >= 0.3 is 0 Å². The zero-order valence-electron chi connectivity index (χ0n) is 12.5. The lowest BCUT2D eigenvalue weighted by atomic mass is 9.80. The highest BCUT2D eigenvalue weighted by Crippen LogP contribution is 2.30. The van der Waals surface area contributed by atoms with Gasteiger partial charge in [0.05, 0.1) is 0 Å². The zero-order valence-corrected chi connectivity index (χ0v) is 12.5. The number of nitrogens with zero attached hydrogens (tertiary/aromatic N) is 2. The second kappa shape index (κ2) is 6.71. The average molecular weight is 267 g/mol. The van der Waals surface area contributed by atoms with Crippen molar-refractivity contribution < 1.29 is 4.79 Å². The Morgan fingerprint density at radius 3 is 2.79 bits per heavy atom. The van der Waals surface area contributed by atoms with Crippen LogP contribution in [0.3, 0.4) is 0 Å². The molecule has 1 saturated carbocycles. The van der Waals surface area contributed by atoms with Gasteiger partial charge in [0, 0.05) is 25.6 Å². The topological polar surface area (TPSA) is 49.6 Å². The maximum absolute atomic E-state index is 12.6. The van der Waals surface area contributed by atoms with Gasteiger partial charge in [-0.1, -0.05) is 6.42 Å². The molecule has 0 aromatic carbocycles. The third-order valence-electron chi connectivity index (χ3n) is 4.96. The maximum atomic E-state index is 12.6. The summed E-state index contributed by atoms with van der Waals surface area (Å²) in [7, 11) is 4.15. The van der Waals surface area contributed by atoms with Crippen molar-refractivity contribution in [2.24, 2.45) is 17.6 Å². The first-order valence-corrected chi connectivity index (χ1v) is 7.77. The van der Waals surface area contributed by atoms with Crippen LogP contribution in [0, 0.1) is 11.8 Å². The Morgan fingerprint density at radius 1 is 1.32 bits per heavy atom. The number of piperidine rings is 1. The molecule has 1 amide bonds. The third kappa shape index (κ3) is 3.69. The van der Waals surface area contributed by atoms with Gasteiger partial charge in [-0.3, -0.25) is 4.79 Å². The van der Waals surface area contributed by atoms with E-state index in [4.69, 9.17) is 5.73 Å². The van der Waals surface area contributed by atoms with Gasteiger partial charge in [-0.15, -0.1) is 0 Å². The summed E-state index contributed by atoms with van der Waals surface area (Å²) in [6.45, 7) is 2.92. The molecule has 19 heavy (non-hydrogen) atoms. The van der Waals surface area contributed by atoms with E-state index < -0.39 is 0 Å². The normalized spacial score (nSPS) is 33.1. The minimum Gasteiger partial charge on any atom is -0.341 e. The molecule has 1 aliphatic heterocycles. The van der Waals surface area contributed by atoms with Crippen molar-refractivity contribution in [3.63, 3.8) is 0 Å². The largest absolute Gasteiger partial charge is 0.341 e. The molecule has 4 nitrogen and oxygen atoms in total. The smallest absolute Gasteiger partial charge is 0.225 e. The predicted molar refractivity (Wildman–Crippen MR) is 77.8 cm³/mol. The zero-order chi connectivity index (χ0) is 13.8. The molecule has 2 rings (SSSR count). The van der Waals surface area contributed by atoms with Gasteiger partial charge in [0.15, 0.2) is 0 Å². The number of rotatable bonds is 3. The average Bonchev–Trinajstić information content (AvgIpc) is 2.45. The van der Waals surface area contributed by atoms with Crippen LogP contribution >= 0.6 is 0 Å². The number of likely N-dealkylation sites (tertiary alicyclic amines) is 1. The van der Waals surface area contributed by atoms with Crippen LogP contribution in [0.2, 0.25) is 0 Å². The highest BCUT2D eigenvalue weighted by atomic mass is 16.2. The summed E-state index contributed by atoms with van der Waals surface area (Å²) in [5.74, 6) is 1.14. The number of nitrogens with two attached hydrogens (primary N) is 1. The van der Waals surface area contributed by atoms with E-state index in [1.807, 2.05) is 11.9 Å². The summed E-state index contributed by atoms with van der Waals surface area (Å²) < 4.78 is 0. The summed E-state index contributed by atoms with van der Waals surface area (Å²) in [4.78, 5) is 17.0. The number of hydrogen-bond donors (Lipinski definition) is 1. The fourth-order valence-corrected chi connectivity index (χ4v) is 3.65. The van der Waals surface area contributed by atoms with Crippen LogP contribution in [0.4, 0.5) is 0 Å². The lowest BCUT2D eigenvalue weighted by Gasteiger charge is -2.38. The van der Waals surface area contributed by atoms with E-state index in [-0.39, 0.29) is 5.92 Å². The van der Waals surface area contributed by atoms with Crippen molar-refractivity contribution in [1.82, 2.24) is 9.80 Å². The van der Waals surface area contributed by atoms with Crippen LogP contribution in [0.25, 0.3) is 0 Å². The van der Waals surface area contributed by atoms with Crippen LogP contribution in [-0.4, -0.2) is 55.5 Å². The number of hydrogen-bond acceptors (Lipinski definition) is 3. The fraction of sp³-hybridized carbons (Fsp3) is 0.933. The molecule has 2 aliphatic rings. The molecule has 1 heterocycles. The molecule has 4 heteroatoms. The third-order valence-corrected chi connectivity index (χ3v) is 4.96. The van der Waals surface area contributed by atoms with Crippen molar-refractivity contribution in [2.45, 2.75) is 44.6 Å². The van der Waals surface area contributed by atoms with Crippen LogP contribution < -0.4 is 5.73 Å². The lowest BCUT2D eigenvalue weighted by Crippen LogP contribution is -2.49. The first-order chi connectivity index (χ1) is 9.11. The highest BCUT2D eigenvalue weighted by Gasteiger charge is 2.32. The molecule has 110 valence electrons. The first-order valence-electron chi connectivity index (χ1n) is 7.77. The van der Waals surface area contributed by atoms with Gasteiger partial charge in [-0.05, 0) is 58.2 Å². The van der Waals surface area contributed by atoms with Crippen molar-refractivity contribution >= 4 is 5.91 Å². The lowest BCUT2D eigenvalue weighted by molar-refractivity contribution is -0.138. The minimum absolute atomic E-state index is 0.222. The van der Waals surface area contributed by atoms with E-state index in [1.54, 1.807) is 0 Å². The molecule has 0 radical (unpaired) electrons. The number of carbonyl (C=O) groups is 1. The van der Waals surface area contributed by atoms with Gasteiger partial charge < -0.3 is 15.5 Å². The maximum Gasteiger partial charge on any atom is 0.225 e. The Bertz CT molecular complexity index is 308. The summed E-state index contributed by atoms with van der Waals surface area (Å²) in [5.41, 5.74) is 5.77. The number of amides is 1. The monoisotopic (exact) mass is 267 g/mol. The SMILES string of the molecule is CN1CCCC(N(C)C(=O)C2CCCC(CN)C2)C1. The second-order valence-corrected chi connectivity index (χ2v) is 6.47. The summed E-state index contributed by atoms with van der Waals surface area (Å²) in [6, 6.07) is 0.407. The van der Waals surface area contributed by atoms with Crippen molar-refractivity contribution in [2.75, 3.05) is 33.7 Å². The van der Waals surface area contributed by atoms with Crippen LogP contribution in [-0.2, 0) is 4.79 Å². The quantitative estimate of drug-likeness (QED) is 0.838. The van der Waals surface area contributed by atoms with Crippen molar-refractivity contribution in [3.05, 3.63) is 0 Å². The number of carbonyl (C=O) groups excluding carboxylic acids is 1. The molecule has 0 aromatic heterocycles.